The molecule has 5 aromatic rings. The summed E-state index contributed by atoms with van der Waals surface area (Å²) >= 11 is 0. The van der Waals surface area contributed by atoms with Crippen LogP contribution >= 0.6 is 0 Å². The molecule has 0 amide bonds. The van der Waals surface area contributed by atoms with Crippen LogP contribution in [0.3, 0.4) is 0 Å². The number of para-hydroxylation sites is 1. The van der Waals surface area contributed by atoms with Gasteiger partial charge in [0.2, 0.25) is 5.95 Å². The summed E-state index contributed by atoms with van der Waals surface area (Å²) in [6.45, 7) is 0.475. The molecule has 0 spiro atoms. The van der Waals surface area contributed by atoms with E-state index < -0.39 is 0 Å². The number of aryl methyl sites for hydroxylation is 1. The number of aliphatic hydroxyl groups is 1. The first-order chi connectivity index (χ1) is 15.6. The van der Waals surface area contributed by atoms with E-state index in [4.69, 9.17) is 5.73 Å². The van der Waals surface area contributed by atoms with Crippen LogP contribution in [0.1, 0.15) is 0 Å². The van der Waals surface area contributed by atoms with Crippen LogP contribution in [0.15, 0.2) is 61.2 Å². The highest BCUT2D eigenvalue weighted by Crippen LogP contribution is 2.33. The predicted octanol–water partition coefficient (Wildman–Crippen LogP) is 3.07. The summed E-state index contributed by atoms with van der Waals surface area (Å²) in [7, 11) is 1.88. The van der Waals surface area contributed by atoms with Gasteiger partial charge in [-0.1, -0.05) is 18.2 Å². The first kappa shape index (κ1) is 19.7. The third-order valence-corrected chi connectivity index (χ3v) is 5.22. The third kappa shape index (κ3) is 3.65. The number of H-pyrrole nitrogens is 1. The molecule has 0 bridgehead atoms. The number of aromatic nitrogens is 6. The molecule has 0 aliphatic heterocycles. The lowest BCUT2D eigenvalue weighted by molar-refractivity contribution is 0.311. The summed E-state index contributed by atoms with van der Waals surface area (Å²) in [6.07, 6.45) is 7.47. The summed E-state index contributed by atoms with van der Waals surface area (Å²) in [4.78, 5) is 16.7. The molecule has 0 saturated carbocycles. The monoisotopic (exact) mass is 426 g/mol. The van der Waals surface area contributed by atoms with E-state index in [1.165, 1.54) is 0 Å². The van der Waals surface area contributed by atoms with E-state index in [0.717, 1.165) is 39.0 Å². The van der Waals surface area contributed by atoms with E-state index in [1.54, 1.807) is 4.68 Å². The van der Waals surface area contributed by atoms with Gasteiger partial charge < -0.3 is 21.1 Å². The van der Waals surface area contributed by atoms with Crippen molar-refractivity contribution in [3.8, 4) is 33.6 Å². The predicted molar refractivity (Wildman–Crippen MR) is 125 cm³/mol. The van der Waals surface area contributed by atoms with E-state index in [2.05, 4.69) is 36.4 Å². The number of hydrogen-bond donors (Lipinski definition) is 4. The van der Waals surface area contributed by atoms with Crippen molar-refractivity contribution in [1.82, 2.24) is 29.7 Å². The van der Waals surface area contributed by atoms with Crippen LogP contribution < -0.4 is 11.1 Å². The zero-order chi connectivity index (χ0) is 22.1. The van der Waals surface area contributed by atoms with Gasteiger partial charge in [-0.25, -0.2) is 15.0 Å². The maximum atomic E-state index is 9.19. The van der Waals surface area contributed by atoms with Gasteiger partial charge in [0, 0.05) is 65.5 Å². The molecule has 1 aromatic carbocycles. The maximum Gasteiger partial charge on any atom is 0.221 e. The van der Waals surface area contributed by atoms with Crippen molar-refractivity contribution < 1.29 is 5.11 Å². The minimum atomic E-state index is 0.0348. The fraction of sp³-hybridized carbons (Fsp3) is 0.130. The molecule has 160 valence electrons. The Hall–Kier alpha value is -4.24. The van der Waals surface area contributed by atoms with Gasteiger partial charge in [-0.3, -0.25) is 4.68 Å². The number of pyridine rings is 1. The molecule has 32 heavy (non-hydrogen) atoms. The summed E-state index contributed by atoms with van der Waals surface area (Å²) in [6, 6.07) is 11.8. The Bertz CT molecular complexity index is 1400. The molecular formula is C23H22N8O. The lowest BCUT2D eigenvalue weighted by Crippen LogP contribution is -2.07. The molecule has 0 saturated heterocycles. The highest BCUT2D eigenvalue weighted by molar-refractivity contribution is 5.95. The Balaban J connectivity index is 1.61. The Morgan fingerprint density at radius 1 is 1.06 bits per heavy atom. The summed E-state index contributed by atoms with van der Waals surface area (Å²) in [5.41, 5.74) is 12.8. The zero-order valence-corrected chi connectivity index (χ0v) is 17.4. The van der Waals surface area contributed by atoms with E-state index in [9.17, 15) is 5.11 Å². The average Bonchev–Trinajstić information content (AvgIpc) is 3.43. The Kier molecular flexibility index (Phi) is 5.00. The molecule has 5 N–H and O–H groups in total. The van der Waals surface area contributed by atoms with E-state index in [0.29, 0.717) is 17.9 Å². The van der Waals surface area contributed by atoms with Gasteiger partial charge in [-0.2, -0.15) is 5.10 Å². The first-order valence-electron chi connectivity index (χ1n) is 10.2. The average molecular weight is 426 g/mol. The second kappa shape index (κ2) is 8.12. The van der Waals surface area contributed by atoms with Crippen molar-refractivity contribution in [1.29, 1.82) is 0 Å². The molecule has 0 aliphatic rings. The lowest BCUT2D eigenvalue weighted by atomic mass is 10.0. The lowest BCUT2D eigenvalue weighted by Gasteiger charge is -2.12. The SMILES string of the molecule is Cn1cc(-c2cnc3[nH]cc(-c4cc(-c5ccccc5NCCO)nc(N)n4)c3c2)cn1. The van der Waals surface area contributed by atoms with Crippen molar-refractivity contribution in [2.45, 2.75) is 0 Å². The number of nitrogens with zero attached hydrogens (tertiary/aromatic N) is 5. The fourth-order valence-corrected chi connectivity index (χ4v) is 3.74. The van der Waals surface area contributed by atoms with Crippen LogP contribution in [0.25, 0.3) is 44.7 Å². The van der Waals surface area contributed by atoms with Crippen LogP contribution in [0.4, 0.5) is 11.6 Å². The summed E-state index contributed by atoms with van der Waals surface area (Å²) in [5, 5.41) is 17.6. The number of aromatic amines is 1. The van der Waals surface area contributed by atoms with Gasteiger partial charge in [-0.05, 0) is 18.2 Å². The van der Waals surface area contributed by atoms with Crippen molar-refractivity contribution in [2.75, 3.05) is 24.2 Å². The number of fused-ring (bicyclic) bond motifs is 1. The number of anilines is 2. The van der Waals surface area contributed by atoms with Crippen LogP contribution in [0, 0.1) is 0 Å². The molecule has 4 aromatic heterocycles. The zero-order valence-electron chi connectivity index (χ0n) is 17.4. The van der Waals surface area contributed by atoms with Crippen molar-refractivity contribution >= 4 is 22.7 Å². The first-order valence-corrected chi connectivity index (χ1v) is 10.2. The number of rotatable bonds is 6. The van der Waals surface area contributed by atoms with Gasteiger partial charge in [0.1, 0.15) is 5.65 Å². The quantitative estimate of drug-likeness (QED) is 0.328. The molecule has 5 rings (SSSR count). The fourth-order valence-electron chi connectivity index (χ4n) is 3.74. The third-order valence-electron chi connectivity index (χ3n) is 5.22. The van der Waals surface area contributed by atoms with Crippen LogP contribution in [-0.4, -0.2) is 48.0 Å². The molecule has 0 radical (unpaired) electrons. The number of nitrogens with two attached hydrogens (primary N) is 1. The number of nitrogens with one attached hydrogen (secondary N) is 2. The second-order valence-electron chi connectivity index (χ2n) is 7.42. The number of nitrogen functional groups attached to an aromatic ring is 1. The number of aliphatic hydroxyl groups excluding tert-OH is 1. The van der Waals surface area contributed by atoms with Crippen LogP contribution in [-0.2, 0) is 7.05 Å². The van der Waals surface area contributed by atoms with Crippen molar-refractivity contribution in [3.05, 3.63) is 61.2 Å². The Morgan fingerprint density at radius 2 is 1.88 bits per heavy atom. The molecular weight excluding hydrogens is 404 g/mol. The normalized spacial score (nSPS) is 11.2. The molecule has 0 fully saturated rings. The van der Waals surface area contributed by atoms with E-state index in [-0.39, 0.29) is 12.6 Å². The maximum absolute atomic E-state index is 9.19. The van der Waals surface area contributed by atoms with Gasteiger partial charge in [0.25, 0.3) is 0 Å². The minimum Gasteiger partial charge on any atom is -0.395 e. The number of hydrogen-bond acceptors (Lipinski definition) is 7. The highest BCUT2D eigenvalue weighted by atomic mass is 16.3. The van der Waals surface area contributed by atoms with Crippen molar-refractivity contribution in [3.63, 3.8) is 0 Å². The van der Waals surface area contributed by atoms with Gasteiger partial charge in [-0.15, -0.1) is 0 Å². The summed E-state index contributed by atoms with van der Waals surface area (Å²) in [5.74, 6) is 0.181. The highest BCUT2D eigenvalue weighted by Gasteiger charge is 2.15. The second-order valence-corrected chi connectivity index (χ2v) is 7.42. The van der Waals surface area contributed by atoms with Crippen LogP contribution in [0.2, 0.25) is 0 Å². The van der Waals surface area contributed by atoms with Gasteiger partial charge in [0.05, 0.1) is 24.2 Å². The Morgan fingerprint density at radius 3 is 2.66 bits per heavy atom. The molecule has 4 heterocycles. The molecule has 9 nitrogen and oxygen atoms in total. The summed E-state index contributed by atoms with van der Waals surface area (Å²) < 4.78 is 1.76. The molecule has 9 heteroatoms. The standard InChI is InChI=1S/C23H22N8O/c1-31-13-15(11-28-31)14-8-17-18(12-27-22(17)26-10-14)21-9-20(29-23(24)30-21)16-4-2-3-5-19(16)25-6-7-32/h2-5,8-13,25,32H,6-7H2,1H3,(H,26,27)(H2,24,29,30). The van der Waals surface area contributed by atoms with Gasteiger partial charge in [0.15, 0.2) is 0 Å². The van der Waals surface area contributed by atoms with Crippen LogP contribution in [0.5, 0.6) is 0 Å². The molecule has 0 unspecified atom stereocenters. The molecule has 0 atom stereocenters. The molecule has 0 aliphatic carbocycles. The van der Waals surface area contributed by atoms with E-state index in [1.807, 2.05) is 62.2 Å². The van der Waals surface area contributed by atoms with Crippen molar-refractivity contribution in [2.24, 2.45) is 7.05 Å². The largest absolute Gasteiger partial charge is 0.395 e. The smallest absolute Gasteiger partial charge is 0.221 e. The number of benzene rings is 1. The minimum absolute atomic E-state index is 0.0348. The topological polar surface area (TPSA) is 131 Å². The Labute approximate surface area is 184 Å². The van der Waals surface area contributed by atoms with Gasteiger partial charge >= 0.3 is 0 Å². The van der Waals surface area contributed by atoms with E-state index >= 15 is 0 Å².